The molecule has 0 atom stereocenters. The van der Waals surface area contributed by atoms with Crippen LogP contribution >= 0.6 is 0 Å². The smallest absolute Gasteiger partial charge is 0.209 e. The average Bonchev–Trinajstić information content (AvgIpc) is 2.25. The number of ether oxygens (including phenoxy) is 1. The van der Waals surface area contributed by atoms with Crippen LogP contribution in [0.5, 0.6) is 0 Å². The van der Waals surface area contributed by atoms with Crippen LogP contribution in [0.1, 0.15) is 57.8 Å². The lowest BCUT2D eigenvalue weighted by atomic mass is 9.76. The van der Waals surface area contributed by atoms with Gasteiger partial charge in [-0.05, 0) is 25.2 Å². The molecular weight excluding hydrogens is 262 g/mol. The quantitative estimate of drug-likeness (QED) is 0.732. The van der Waals surface area contributed by atoms with Gasteiger partial charge in [0.15, 0.2) is 0 Å². The molecule has 0 aromatic heterocycles. The Kier molecular flexibility index (Phi) is 5.26. The lowest BCUT2D eigenvalue weighted by molar-refractivity contribution is 0.0231. The van der Waals surface area contributed by atoms with Crippen molar-refractivity contribution >= 4 is 10.0 Å². The van der Waals surface area contributed by atoms with E-state index in [0.29, 0.717) is 6.61 Å². The molecule has 0 aromatic rings. The summed E-state index contributed by atoms with van der Waals surface area (Å²) in [6, 6.07) is 0. The van der Waals surface area contributed by atoms with Crippen LogP contribution in [0.3, 0.4) is 0 Å². The molecule has 0 amide bonds. The Bertz CT molecular complexity index is 370. The first kappa shape index (κ1) is 15.3. The van der Waals surface area contributed by atoms with E-state index in [-0.39, 0.29) is 11.2 Å². The van der Waals surface area contributed by atoms with Gasteiger partial charge in [0.05, 0.1) is 12.4 Å². The Morgan fingerprint density at radius 3 is 2.32 bits per heavy atom. The SMILES string of the molecule is NS(=O)(=O)CC1(COCCC2CCC2)CCCCC1. The number of nitrogens with two attached hydrogens (primary N) is 1. The predicted molar refractivity (Wildman–Crippen MR) is 76.3 cm³/mol. The first-order valence-electron chi connectivity index (χ1n) is 7.57. The number of hydrogen-bond donors (Lipinski definition) is 1. The highest BCUT2D eigenvalue weighted by molar-refractivity contribution is 7.89. The number of sulfonamides is 1. The molecule has 0 unspecified atom stereocenters. The fourth-order valence-corrected chi connectivity index (χ4v) is 4.60. The molecule has 112 valence electrons. The zero-order chi connectivity index (χ0) is 13.8. The van der Waals surface area contributed by atoms with Crippen molar-refractivity contribution in [3.8, 4) is 0 Å². The summed E-state index contributed by atoms with van der Waals surface area (Å²) < 4.78 is 28.7. The lowest BCUT2D eigenvalue weighted by Gasteiger charge is -2.36. The molecule has 0 heterocycles. The summed E-state index contributed by atoms with van der Waals surface area (Å²) in [6.45, 7) is 1.34. The van der Waals surface area contributed by atoms with Gasteiger partial charge < -0.3 is 4.74 Å². The van der Waals surface area contributed by atoms with Gasteiger partial charge in [0.2, 0.25) is 10.0 Å². The molecule has 2 aliphatic rings. The van der Waals surface area contributed by atoms with E-state index in [1.807, 2.05) is 0 Å². The van der Waals surface area contributed by atoms with Gasteiger partial charge in [-0.1, -0.05) is 38.5 Å². The van der Waals surface area contributed by atoms with Crippen LogP contribution in [0.4, 0.5) is 0 Å². The normalized spacial score (nSPS) is 24.1. The molecule has 2 rings (SSSR count). The Hall–Kier alpha value is -0.130. The summed E-state index contributed by atoms with van der Waals surface area (Å²) in [5.41, 5.74) is -0.217. The van der Waals surface area contributed by atoms with Crippen LogP contribution in [-0.4, -0.2) is 27.4 Å². The third kappa shape index (κ3) is 5.04. The molecule has 2 aliphatic carbocycles. The molecule has 0 aliphatic heterocycles. The van der Waals surface area contributed by atoms with E-state index in [1.54, 1.807) is 0 Å². The Balaban J connectivity index is 1.79. The summed E-state index contributed by atoms with van der Waals surface area (Å²) in [7, 11) is -3.41. The van der Waals surface area contributed by atoms with E-state index in [1.165, 1.54) is 25.7 Å². The lowest BCUT2D eigenvalue weighted by Crippen LogP contribution is -2.39. The molecule has 0 aromatic carbocycles. The van der Waals surface area contributed by atoms with Crippen LogP contribution in [0, 0.1) is 11.3 Å². The van der Waals surface area contributed by atoms with Gasteiger partial charge in [-0.3, -0.25) is 0 Å². The predicted octanol–water partition coefficient (Wildman–Crippen LogP) is 2.43. The zero-order valence-electron chi connectivity index (χ0n) is 11.8. The van der Waals surface area contributed by atoms with Crippen molar-refractivity contribution in [1.29, 1.82) is 0 Å². The molecular formula is C14H27NO3S. The second kappa shape index (κ2) is 6.55. The van der Waals surface area contributed by atoms with Crippen molar-refractivity contribution in [3.05, 3.63) is 0 Å². The van der Waals surface area contributed by atoms with Crippen molar-refractivity contribution in [2.75, 3.05) is 19.0 Å². The Labute approximate surface area is 117 Å². The number of primary sulfonamides is 1. The van der Waals surface area contributed by atoms with E-state index in [2.05, 4.69) is 0 Å². The van der Waals surface area contributed by atoms with Gasteiger partial charge in [0, 0.05) is 12.0 Å². The maximum Gasteiger partial charge on any atom is 0.209 e. The van der Waals surface area contributed by atoms with Gasteiger partial charge in [0.25, 0.3) is 0 Å². The minimum Gasteiger partial charge on any atom is -0.381 e. The van der Waals surface area contributed by atoms with Crippen molar-refractivity contribution in [3.63, 3.8) is 0 Å². The van der Waals surface area contributed by atoms with E-state index in [4.69, 9.17) is 9.88 Å². The molecule has 2 saturated carbocycles. The van der Waals surface area contributed by atoms with Crippen molar-refractivity contribution in [2.24, 2.45) is 16.5 Å². The molecule has 19 heavy (non-hydrogen) atoms. The van der Waals surface area contributed by atoms with E-state index >= 15 is 0 Å². The minimum absolute atomic E-state index is 0.0867. The molecule has 0 bridgehead atoms. The van der Waals surface area contributed by atoms with Gasteiger partial charge in [-0.25, -0.2) is 13.6 Å². The second-order valence-corrected chi connectivity index (χ2v) is 8.12. The summed E-state index contributed by atoms with van der Waals surface area (Å²) >= 11 is 0. The highest BCUT2D eigenvalue weighted by atomic mass is 32.2. The van der Waals surface area contributed by atoms with Crippen LogP contribution < -0.4 is 5.14 Å². The number of rotatable bonds is 7. The highest BCUT2D eigenvalue weighted by Crippen LogP contribution is 2.38. The molecule has 2 fully saturated rings. The number of hydrogen-bond acceptors (Lipinski definition) is 3. The van der Waals surface area contributed by atoms with Crippen LogP contribution in [-0.2, 0) is 14.8 Å². The first-order valence-corrected chi connectivity index (χ1v) is 9.29. The maximum absolute atomic E-state index is 11.4. The van der Waals surface area contributed by atoms with Crippen LogP contribution in [0.2, 0.25) is 0 Å². The first-order chi connectivity index (χ1) is 8.99. The third-order valence-electron chi connectivity index (χ3n) is 4.73. The molecule has 5 heteroatoms. The molecule has 2 N–H and O–H groups in total. The summed E-state index contributed by atoms with van der Waals surface area (Å²) in [5, 5.41) is 5.25. The molecule has 0 radical (unpaired) electrons. The third-order valence-corrected chi connectivity index (χ3v) is 5.74. The van der Waals surface area contributed by atoms with E-state index < -0.39 is 10.0 Å². The van der Waals surface area contributed by atoms with Crippen molar-refractivity contribution in [2.45, 2.75) is 57.8 Å². The highest BCUT2D eigenvalue weighted by Gasteiger charge is 2.36. The Morgan fingerprint density at radius 1 is 1.11 bits per heavy atom. The average molecular weight is 289 g/mol. The summed E-state index contributed by atoms with van der Waals surface area (Å²) in [4.78, 5) is 0. The Morgan fingerprint density at radius 2 is 1.79 bits per heavy atom. The summed E-state index contributed by atoms with van der Waals surface area (Å²) in [5.74, 6) is 0.934. The zero-order valence-corrected chi connectivity index (χ0v) is 12.6. The van der Waals surface area contributed by atoms with Gasteiger partial charge in [0.1, 0.15) is 0 Å². The standard InChI is InChI=1S/C14H27NO3S/c15-19(16,17)12-14(8-2-1-3-9-14)11-18-10-7-13-5-4-6-13/h13H,1-12H2,(H2,15,16,17). The van der Waals surface area contributed by atoms with E-state index in [9.17, 15) is 8.42 Å². The fourth-order valence-electron chi connectivity index (χ4n) is 3.38. The van der Waals surface area contributed by atoms with Gasteiger partial charge in [-0.15, -0.1) is 0 Å². The topological polar surface area (TPSA) is 69.4 Å². The fraction of sp³-hybridized carbons (Fsp3) is 1.00. The van der Waals surface area contributed by atoms with Crippen molar-refractivity contribution < 1.29 is 13.2 Å². The summed E-state index contributed by atoms with van der Waals surface area (Å²) in [6.07, 6.45) is 10.4. The maximum atomic E-state index is 11.4. The van der Waals surface area contributed by atoms with Crippen molar-refractivity contribution in [1.82, 2.24) is 0 Å². The monoisotopic (exact) mass is 289 g/mol. The van der Waals surface area contributed by atoms with Crippen LogP contribution in [0.15, 0.2) is 0 Å². The molecule has 4 nitrogen and oxygen atoms in total. The van der Waals surface area contributed by atoms with E-state index in [0.717, 1.165) is 44.6 Å². The minimum atomic E-state index is -3.41. The van der Waals surface area contributed by atoms with Gasteiger partial charge in [-0.2, -0.15) is 0 Å². The molecule has 0 saturated heterocycles. The second-order valence-electron chi connectivity index (χ2n) is 6.51. The van der Waals surface area contributed by atoms with Gasteiger partial charge >= 0.3 is 0 Å². The molecule has 0 spiro atoms. The van der Waals surface area contributed by atoms with Crippen LogP contribution in [0.25, 0.3) is 0 Å². The largest absolute Gasteiger partial charge is 0.381 e.